The van der Waals surface area contributed by atoms with Gasteiger partial charge in [0.05, 0.1) is 19.8 Å². The number of anilines is 1. The lowest BCUT2D eigenvalue weighted by molar-refractivity contribution is 0.0940. The van der Waals surface area contributed by atoms with E-state index in [2.05, 4.69) is 35.2 Å². The van der Waals surface area contributed by atoms with Gasteiger partial charge in [0.2, 0.25) is 0 Å². The second-order valence-electron chi connectivity index (χ2n) is 5.90. The molecule has 1 amide bonds. The molecule has 0 heterocycles. The number of carbonyl (C=O) groups excluding carboxylic acids is 1. The molecule has 3 N–H and O–H groups in total. The second kappa shape index (κ2) is 10.4. The summed E-state index contributed by atoms with van der Waals surface area (Å²) >= 11 is 5.22. The molecule has 0 aliphatic heterocycles. The minimum absolute atomic E-state index is 0.284. The minimum atomic E-state index is -0.384. The number of benzene rings is 2. The van der Waals surface area contributed by atoms with Crippen molar-refractivity contribution >= 4 is 28.9 Å². The molecule has 0 spiro atoms. The highest BCUT2D eigenvalue weighted by Gasteiger charge is 2.13. The molecular weight excluding hydrogens is 362 g/mol. The fourth-order valence-corrected chi connectivity index (χ4v) is 2.64. The van der Waals surface area contributed by atoms with Gasteiger partial charge in [-0.1, -0.05) is 25.5 Å². The van der Waals surface area contributed by atoms with E-state index in [4.69, 9.17) is 21.7 Å². The summed E-state index contributed by atoms with van der Waals surface area (Å²) in [7, 11) is 3.04. The molecule has 2 rings (SSSR count). The monoisotopic (exact) mass is 387 g/mol. The van der Waals surface area contributed by atoms with Crippen LogP contribution in [0.25, 0.3) is 0 Å². The van der Waals surface area contributed by atoms with Gasteiger partial charge in [-0.3, -0.25) is 15.6 Å². The number of methoxy groups -OCH3 is 2. The second-order valence-corrected chi connectivity index (χ2v) is 6.31. The Hall–Kier alpha value is -2.80. The quantitative estimate of drug-likeness (QED) is 0.497. The standard InChI is InChI=1S/C20H25N3O3S/c1-4-5-6-14-7-9-15(10-8-14)21-20(27)23-22-19(24)17-13-16(25-2)11-12-18(17)26-3/h7-13H,4-6H2,1-3H3,(H,22,24)(H2,21,23,27). The van der Waals surface area contributed by atoms with Crippen LogP contribution in [0, 0.1) is 0 Å². The molecule has 0 unspecified atom stereocenters. The van der Waals surface area contributed by atoms with Gasteiger partial charge in [0.25, 0.3) is 5.91 Å². The van der Waals surface area contributed by atoms with Crippen molar-refractivity contribution in [3.8, 4) is 11.5 Å². The molecule has 0 atom stereocenters. The zero-order valence-electron chi connectivity index (χ0n) is 15.8. The van der Waals surface area contributed by atoms with Gasteiger partial charge in [-0.25, -0.2) is 0 Å². The molecule has 0 aromatic heterocycles. The van der Waals surface area contributed by atoms with Crippen LogP contribution in [0.4, 0.5) is 5.69 Å². The summed E-state index contributed by atoms with van der Waals surface area (Å²) in [4.78, 5) is 12.4. The highest BCUT2D eigenvalue weighted by Crippen LogP contribution is 2.23. The van der Waals surface area contributed by atoms with Gasteiger partial charge in [-0.05, 0) is 61.0 Å². The molecular formula is C20H25N3O3S. The molecule has 7 heteroatoms. The van der Waals surface area contributed by atoms with Crippen LogP contribution in [0.2, 0.25) is 0 Å². The number of unbranched alkanes of at least 4 members (excludes halogenated alkanes) is 1. The van der Waals surface area contributed by atoms with Crippen LogP contribution >= 0.6 is 12.2 Å². The van der Waals surface area contributed by atoms with Gasteiger partial charge < -0.3 is 14.8 Å². The van der Waals surface area contributed by atoms with E-state index in [1.807, 2.05) is 12.1 Å². The van der Waals surface area contributed by atoms with E-state index in [1.54, 1.807) is 18.2 Å². The third-order valence-electron chi connectivity index (χ3n) is 3.97. The van der Waals surface area contributed by atoms with E-state index < -0.39 is 0 Å². The van der Waals surface area contributed by atoms with Crippen molar-refractivity contribution in [1.29, 1.82) is 0 Å². The van der Waals surface area contributed by atoms with E-state index in [-0.39, 0.29) is 11.0 Å². The van der Waals surface area contributed by atoms with E-state index >= 15 is 0 Å². The summed E-state index contributed by atoms with van der Waals surface area (Å²) in [5, 5.41) is 3.32. The first kappa shape index (κ1) is 20.5. The smallest absolute Gasteiger partial charge is 0.273 e. The number of carbonyl (C=O) groups is 1. The SMILES string of the molecule is CCCCc1ccc(NC(=S)NNC(=O)c2cc(OC)ccc2OC)cc1. The van der Waals surface area contributed by atoms with Crippen molar-refractivity contribution in [3.05, 3.63) is 53.6 Å². The highest BCUT2D eigenvalue weighted by atomic mass is 32.1. The average molecular weight is 388 g/mol. The van der Waals surface area contributed by atoms with Crippen molar-refractivity contribution in [2.75, 3.05) is 19.5 Å². The molecule has 27 heavy (non-hydrogen) atoms. The Kier molecular flexibility index (Phi) is 7.88. The fourth-order valence-electron chi connectivity index (χ4n) is 2.47. The van der Waals surface area contributed by atoms with E-state index in [0.29, 0.717) is 17.1 Å². The Morgan fingerprint density at radius 2 is 1.78 bits per heavy atom. The van der Waals surface area contributed by atoms with Gasteiger partial charge in [0.15, 0.2) is 5.11 Å². The third kappa shape index (κ3) is 6.14. The Bertz CT molecular complexity index is 779. The number of hydrazine groups is 1. The first-order valence-corrected chi connectivity index (χ1v) is 9.16. The van der Waals surface area contributed by atoms with Gasteiger partial charge in [0.1, 0.15) is 11.5 Å². The first-order chi connectivity index (χ1) is 13.1. The normalized spacial score (nSPS) is 10.0. The summed E-state index contributed by atoms with van der Waals surface area (Å²) in [5.41, 5.74) is 7.73. The molecule has 0 saturated heterocycles. The van der Waals surface area contributed by atoms with Crippen molar-refractivity contribution in [2.45, 2.75) is 26.2 Å². The largest absolute Gasteiger partial charge is 0.497 e. The van der Waals surface area contributed by atoms with Crippen LogP contribution in [0.1, 0.15) is 35.7 Å². The summed E-state index contributed by atoms with van der Waals surface area (Å²) in [6.07, 6.45) is 3.41. The van der Waals surface area contributed by atoms with Gasteiger partial charge in [-0.15, -0.1) is 0 Å². The van der Waals surface area contributed by atoms with Crippen LogP contribution in [0.3, 0.4) is 0 Å². The third-order valence-corrected chi connectivity index (χ3v) is 4.18. The number of amides is 1. The molecule has 0 bridgehead atoms. The Morgan fingerprint density at radius 3 is 2.41 bits per heavy atom. The molecule has 6 nitrogen and oxygen atoms in total. The van der Waals surface area contributed by atoms with Crippen LogP contribution in [0.15, 0.2) is 42.5 Å². The number of hydrogen-bond donors (Lipinski definition) is 3. The maximum absolute atomic E-state index is 12.4. The summed E-state index contributed by atoms with van der Waals surface area (Å²) in [6, 6.07) is 13.1. The number of hydrogen-bond acceptors (Lipinski definition) is 4. The maximum Gasteiger partial charge on any atom is 0.273 e. The Morgan fingerprint density at radius 1 is 1.04 bits per heavy atom. The van der Waals surface area contributed by atoms with Crippen LogP contribution in [-0.2, 0) is 6.42 Å². The van der Waals surface area contributed by atoms with Gasteiger partial charge >= 0.3 is 0 Å². The van der Waals surface area contributed by atoms with Crippen LogP contribution < -0.4 is 25.6 Å². The molecule has 2 aromatic rings. The number of nitrogens with one attached hydrogen (secondary N) is 3. The predicted molar refractivity (Wildman–Crippen MR) is 111 cm³/mol. The molecule has 0 aliphatic carbocycles. The average Bonchev–Trinajstić information content (AvgIpc) is 2.71. The number of thiocarbonyl (C=S) groups is 1. The minimum Gasteiger partial charge on any atom is -0.497 e. The first-order valence-electron chi connectivity index (χ1n) is 8.75. The fraction of sp³-hybridized carbons (Fsp3) is 0.300. The van der Waals surface area contributed by atoms with E-state index in [9.17, 15) is 4.79 Å². The van der Waals surface area contributed by atoms with Crippen LogP contribution in [0.5, 0.6) is 11.5 Å². The van der Waals surface area contributed by atoms with Crippen LogP contribution in [-0.4, -0.2) is 25.2 Å². The van der Waals surface area contributed by atoms with Crippen molar-refractivity contribution < 1.29 is 14.3 Å². The molecule has 144 valence electrons. The Labute approximate surface area is 165 Å². The number of ether oxygens (including phenoxy) is 2. The van der Waals surface area contributed by atoms with E-state index in [0.717, 1.165) is 12.1 Å². The Balaban J connectivity index is 1.90. The maximum atomic E-state index is 12.4. The summed E-state index contributed by atoms with van der Waals surface area (Å²) in [6.45, 7) is 2.18. The van der Waals surface area contributed by atoms with Crippen molar-refractivity contribution in [2.24, 2.45) is 0 Å². The predicted octanol–water partition coefficient (Wildman–Crippen LogP) is 3.68. The molecule has 0 aliphatic rings. The lowest BCUT2D eigenvalue weighted by atomic mass is 10.1. The number of rotatable bonds is 7. The van der Waals surface area contributed by atoms with Gasteiger partial charge in [0, 0.05) is 5.69 Å². The number of aryl methyl sites for hydroxylation is 1. The molecule has 2 aromatic carbocycles. The highest BCUT2D eigenvalue weighted by molar-refractivity contribution is 7.80. The summed E-state index contributed by atoms with van der Waals surface area (Å²) in [5.74, 6) is 0.617. The van der Waals surface area contributed by atoms with E-state index in [1.165, 1.54) is 32.6 Å². The van der Waals surface area contributed by atoms with Crippen molar-refractivity contribution in [1.82, 2.24) is 10.9 Å². The topological polar surface area (TPSA) is 71.6 Å². The molecule has 0 radical (unpaired) electrons. The molecule has 0 fully saturated rings. The van der Waals surface area contributed by atoms with Gasteiger partial charge in [-0.2, -0.15) is 0 Å². The lowest BCUT2D eigenvalue weighted by Crippen LogP contribution is -2.43. The van der Waals surface area contributed by atoms with Crippen molar-refractivity contribution in [3.63, 3.8) is 0 Å². The zero-order valence-corrected chi connectivity index (χ0v) is 16.6. The zero-order chi connectivity index (χ0) is 19.6. The summed E-state index contributed by atoms with van der Waals surface area (Å²) < 4.78 is 10.4. The lowest BCUT2D eigenvalue weighted by Gasteiger charge is -2.14. The molecule has 0 saturated carbocycles.